The summed E-state index contributed by atoms with van der Waals surface area (Å²) in [6, 6.07) is 0. The van der Waals surface area contributed by atoms with Crippen molar-refractivity contribution >= 4 is 0 Å². The molecule has 0 saturated carbocycles. The maximum atomic E-state index is 10.2. The zero-order valence-corrected chi connectivity index (χ0v) is 5.14. The molecule has 0 aliphatic rings. The van der Waals surface area contributed by atoms with Crippen molar-refractivity contribution in [2.24, 2.45) is 0 Å². The summed E-state index contributed by atoms with van der Waals surface area (Å²) in [5.41, 5.74) is 0. The lowest BCUT2D eigenvalue weighted by molar-refractivity contribution is -1.21. The summed E-state index contributed by atoms with van der Waals surface area (Å²) in [7, 11) is 0. The molecule has 0 aromatic carbocycles. The number of hydrogen-bond acceptors (Lipinski definition) is 3. The lowest BCUT2D eigenvalue weighted by atomic mass is 10.9. The third kappa shape index (κ3) is 4.01. The van der Waals surface area contributed by atoms with E-state index in [0.717, 1.165) is 0 Å². The molecule has 8 heavy (non-hydrogen) atoms. The van der Waals surface area contributed by atoms with Crippen molar-refractivity contribution in [3.05, 3.63) is 5.21 Å². The Morgan fingerprint density at radius 1 is 1.25 bits per heavy atom. The zero-order chi connectivity index (χ0) is 6.41. The molecular formula is C4H11NO3. The Bertz CT molecular complexity index is 44.5. The molecule has 0 aliphatic carbocycles. The Hall–Kier alpha value is -0.160. The average Bonchev–Trinajstić information content (AvgIpc) is 1.68. The molecule has 0 atom stereocenters. The van der Waals surface area contributed by atoms with Crippen LogP contribution in [0.4, 0.5) is 0 Å². The van der Waals surface area contributed by atoms with Crippen molar-refractivity contribution in [2.75, 3.05) is 13.2 Å². The zero-order valence-electron chi connectivity index (χ0n) is 5.14. The SMILES string of the molecule is CCO[NH+]([O-])OCC. The van der Waals surface area contributed by atoms with E-state index in [1.165, 1.54) is 0 Å². The quantitative estimate of drug-likeness (QED) is 0.499. The van der Waals surface area contributed by atoms with Gasteiger partial charge < -0.3 is 5.21 Å². The van der Waals surface area contributed by atoms with Gasteiger partial charge in [-0.3, -0.25) is 0 Å². The normalized spacial score (nSPS) is 10.5. The molecule has 0 aromatic heterocycles. The van der Waals surface area contributed by atoms with Gasteiger partial charge in [0.05, 0.1) is 0 Å². The van der Waals surface area contributed by atoms with Gasteiger partial charge in [-0.1, -0.05) is 5.39 Å². The highest BCUT2D eigenvalue weighted by Crippen LogP contribution is 1.57. The van der Waals surface area contributed by atoms with Crippen molar-refractivity contribution in [2.45, 2.75) is 13.8 Å². The minimum atomic E-state index is -0.588. The summed E-state index contributed by atoms with van der Waals surface area (Å²) in [5, 5.41) is 9.61. The van der Waals surface area contributed by atoms with E-state index in [0.29, 0.717) is 13.2 Å². The summed E-state index contributed by atoms with van der Waals surface area (Å²) < 4.78 is 0. The van der Waals surface area contributed by atoms with Crippen LogP contribution in [-0.4, -0.2) is 13.2 Å². The van der Waals surface area contributed by atoms with Crippen molar-refractivity contribution in [3.63, 3.8) is 0 Å². The van der Waals surface area contributed by atoms with E-state index in [1.807, 2.05) is 0 Å². The van der Waals surface area contributed by atoms with E-state index in [2.05, 4.69) is 9.68 Å². The summed E-state index contributed by atoms with van der Waals surface area (Å²) in [4.78, 5) is 8.84. The van der Waals surface area contributed by atoms with Crippen molar-refractivity contribution in [3.8, 4) is 0 Å². The Balaban J connectivity index is 2.92. The lowest BCUT2D eigenvalue weighted by Gasteiger charge is -2.14. The van der Waals surface area contributed by atoms with Crippen molar-refractivity contribution in [1.29, 1.82) is 0 Å². The fourth-order valence-electron chi connectivity index (χ4n) is 0.277. The second-order valence-electron chi connectivity index (χ2n) is 1.12. The van der Waals surface area contributed by atoms with Crippen molar-refractivity contribution in [1.82, 2.24) is 0 Å². The standard InChI is InChI=1S/C4H11NO3/c1-3-7-5(6)8-4-2/h5H,3-4H2,1-2H3. The minimum Gasteiger partial charge on any atom is -0.566 e. The molecule has 0 spiro atoms. The molecule has 1 N–H and O–H groups in total. The van der Waals surface area contributed by atoms with E-state index in [-0.39, 0.29) is 0 Å². The van der Waals surface area contributed by atoms with Gasteiger partial charge in [0.15, 0.2) is 0 Å². The fraction of sp³-hybridized carbons (Fsp3) is 1.00. The Labute approximate surface area is 48.5 Å². The van der Waals surface area contributed by atoms with Gasteiger partial charge in [0.2, 0.25) is 0 Å². The number of hydrogen-bond donors (Lipinski definition) is 1. The predicted molar refractivity (Wildman–Crippen MR) is 27.6 cm³/mol. The van der Waals surface area contributed by atoms with Gasteiger partial charge in [-0.25, -0.2) is 0 Å². The van der Waals surface area contributed by atoms with E-state index in [4.69, 9.17) is 0 Å². The van der Waals surface area contributed by atoms with Gasteiger partial charge in [0.1, 0.15) is 13.2 Å². The lowest BCUT2D eigenvalue weighted by Crippen LogP contribution is -3.05. The molecule has 0 heterocycles. The monoisotopic (exact) mass is 121 g/mol. The molecule has 0 saturated heterocycles. The van der Waals surface area contributed by atoms with Gasteiger partial charge >= 0.3 is 0 Å². The molecule has 0 aromatic rings. The molecule has 4 heteroatoms. The third-order valence-corrected chi connectivity index (χ3v) is 0.524. The Morgan fingerprint density at radius 3 is 1.88 bits per heavy atom. The first kappa shape index (κ1) is 7.84. The second-order valence-corrected chi connectivity index (χ2v) is 1.12. The second kappa shape index (κ2) is 4.99. The van der Waals surface area contributed by atoms with Gasteiger partial charge in [0.25, 0.3) is 0 Å². The smallest absolute Gasteiger partial charge is 0.108 e. The van der Waals surface area contributed by atoms with Gasteiger partial charge in [-0.2, -0.15) is 9.68 Å². The van der Waals surface area contributed by atoms with E-state index < -0.39 is 5.39 Å². The molecule has 0 rings (SSSR count). The molecule has 0 bridgehead atoms. The minimum absolute atomic E-state index is 0.374. The first-order chi connectivity index (χ1) is 3.81. The summed E-state index contributed by atoms with van der Waals surface area (Å²) >= 11 is 0. The summed E-state index contributed by atoms with van der Waals surface area (Å²) in [6.07, 6.45) is 0. The molecule has 0 unspecified atom stereocenters. The van der Waals surface area contributed by atoms with E-state index >= 15 is 0 Å². The molecule has 4 nitrogen and oxygen atoms in total. The van der Waals surface area contributed by atoms with Crippen LogP contribution in [0.1, 0.15) is 13.8 Å². The predicted octanol–water partition coefficient (Wildman–Crippen LogP) is -0.728. The van der Waals surface area contributed by atoms with Gasteiger partial charge in [-0.15, -0.1) is 0 Å². The Kier molecular flexibility index (Phi) is 4.89. The number of nitrogens with one attached hydrogen (secondary N) is 1. The van der Waals surface area contributed by atoms with Crippen LogP contribution >= 0.6 is 0 Å². The first-order valence-electron chi connectivity index (χ1n) is 2.60. The van der Waals surface area contributed by atoms with Crippen LogP contribution in [0.2, 0.25) is 0 Å². The maximum Gasteiger partial charge on any atom is 0.108 e. The summed E-state index contributed by atoms with van der Waals surface area (Å²) in [6.45, 7) is 4.21. The highest BCUT2D eigenvalue weighted by atomic mass is 17.1. The molecule has 0 radical (unpaired) electrons. The number of rotatable bonds is 4. The molecule has 0 aliphatic heterocycles. The number of quaternary nitrogens is 1. The average molecular weight is 121 g/mol. The van der Waals surface area contributed by atoms with Crippen LogP contribution in [0, 0.1) is 5.21 Å². The largest absolute Gasteiger partial charge is 0.566 e. The highest BCUT2D eigenvalue weighted by Gasteiger charge is 1.90. The molecule has 0 fully saturated rings. The van der Waals surface area contributed by atoms with E-state index in [1.54, 1.807) is 13.8 Å². The van der Waals surface area contributed by atoms with Crippen LogP contribution in [0.15, 0.2) is 0 Å². The highest BCUT2D eigenvalue weighted by molar-refractivity contribution is 3.96. The topological polar surface area (TPSA) is 46.0 Å². The molecule has 0 amide bonds. The molecule has 50 valence electrons. The van der Waals surface area contributed by atoms with Crippen LogP contribution < -0.4 is 5.39 Å². The van der Waals surface area contributed by atoms with Crippen LogP contribution in [0.3, 0.4) is 0 Å². The molecular weight excluding hydrogens is 110 g/mol. The first-order valence-corrected chi connectivity index (χ1v) is 2.60. The summed E-state index contributed by atoms with van der Waals surface area (Å²) in [5.74, 6) is 0. The maximum absolute atomic E-state index is 10.2. The third-order valence-electron chi connectivity index (χ3n) is 0.524. The van der Waals surface area contributed by atoms with Gasteiger partial charge in [0, 0.05) is 0 Å². The van der Waals surface area contributed by atoms with Gasteiger partial charge in [-0.05, 0) is 13.8 Å². The van der Waals surface area contributed by atoms with Crippen molar-refractivity contribution < 1.29 is 15.1 Å². The Morgan fingerprint density at radius 2 is 1.62 bits per heavy atom. The van der Waals surface area contributed by atoms with Crippen LogP contribution in [0.25, 0.3) is 0 Å². The fourth-order valence-corrected chi connectivity index (χ4v) is 0.277. The van der Waals surface area contributed by atoms with Crippen LogP contribution in [-0.2, 0) is 9.68 Å². The van der Waals surface area contributed by atoms with Crippen LogP contribution in [0.5, 0.6) is 0 Å². The van der Waals surface area contributed by atoms with E-state index in [9.17, 15) is 5.21 Å².